The molecule has 3 aromatic carbocycles. The monoisotopic (exact) mass is 761 g/mol. The van der Waals surface area contributed by atoms with Gasteiger partial charge in [-0.05, 0) is 72.3 Å². The summed E-state index contributed by atoms with van der Waals surface area (Å²) in [5.74, 6) is -4.41. The minimum Gasteiger partial charge on any atom is -0.491 e. The number of carbonyl (C=O) groups excluding carboxylic acids is 2. The Hall–Kier alpha value is -5.45. The van der Waals surface area contributed by atoms with Crippen LogP contribution < -0.4 is 15.8 Å². The third-order valence-corrected chi connectivity index (χ3v) is 10.4. The van der Waals surface area contributed by atoms with E-state index in [-0.39, 0.29) is 35.5 Å². The lowest BCUT2D eigenvalue weighted by molar-refractivity contribution is -0.192. The van der Waals surface area contributed by atoms with E-state index in [0.29, 0.717) is 29.1 Å². The van der Waals surface area contributed by atoms with Gasteiger partial charge in [-0.25, -0.2) is 22.6 Å². The summed E-state index contributed by atoms with van der Waals surface area (Å²) in [4.78, 5) is 44.5. The van der Waals surface area contributed by atoms with Gasteiger partial charge < -0.3 is 30.7 Å². The van der Waals surface area contributed by atoms with Crippen LogP contribution in [-0.4, -0.2) is 85.3 Å². The van der Waals surface area contributed by atoms with Crippen molar-refractivity contribution in [2.75, 3.05) is 44.1 Å². The van der Waals surface area contributed by atoms with Crippen LogP contribution in [0, 0.1) is 11.7 Å². The first-order valence-corrected chi connectivity index (χ1v) is 18.0. The van der Waals surface area contributed by atoms with E-state index < -0.39 is 51.7 Å². The number of rotatable bonds is 10. The minimum atomic E-state index is -5.08. The normalized spacial score (nSPS) is 16.3. The number of nitrogens with zero attached hydrogens (tertiary/aromatic N) is 3. The van der Waals surface area contributed by atoms with Crippen molar-refractivity contribution in [2.45, 2.75) is 43.4 Å². The topological polar surface area (TPSA) is 172 Å². The van der Waals surface area contributed by atoms with Gasteiger partial charge in [0, 0.05) is 37.9 Å². The van der Waals surface area contributed by atoms with Crippen LogP contribution >= 0.6 is 0 Å². The van der Waals surface area contributed by atoms with Crippen LogP contribution in [0.3, 0.4) is 0 Å². The number of benzene rings is 3. The number of nitrogen functional groups attached to an aromatic ring is 1. The summed E-state index contributed by atoms with van der Waals surface area (Å²) >= 11 is 0. The van der Waals surface area contributed by atoms with E-state index in [0.717, 1.165) is 10.8 Å². The van der Waals surface area contributed by atoms with Crippen molar-refractivity contribution in [1.29, 1.82) is 0 Å². The Kier molecular flexibility index (Phi) is 12.5. The molecule has 0 aliphatic carbocycles. The summed E-state index contributed by atoms with van der Waals surface area (Å²) in [6, 6.07) is 16.1. The Morgan fingerprint density at radius 3 is 2.38 bits per heavy atom. The first-order chi connectivity index (χ1) is 24.9. The van der Waals surface area contributed by atoms with E-state index in [1.165, 1.54) is 29.2 Å². The maximum absolute atomic E-state index is 14.8. The van der Waals surface area contributed by atoms with Crippen LogP contribution in [0.5, 0.6) is 5.75 Å². The van der Waals surface area contributed by atoms with Crippen molar-refractivity contribution < 1.29 is 50.2 Å². The van der Waals surface area contributed by atoms with Gasteiger partial charge in [0.1, 0.15) is 11.9 Å². The van der Waals surface area contributed by atoms with Gasteiger partial charge in [0.25, 0.3) is 0 Å². The van der Waals surface area contributed by atoms with Gasteiger partial charge in [-0.3, -0.25) is 9.59 Å². The molecule has 53 heavy (non-hydrogen) atoms. The summed E-state index contributed by atoms with van der Waals surface area (Å²) in [6.45, 7) is 3.72. The number of nitrogens with one attached hydrogen (secondary N) is 1. The van der Waals surface area contributed by atoms with Crippen LogP contribution in [0.4, 0.5) is 29.1 Å². The van der Waals surface area contributed by atoms with Crippen molar-refractivity contribution in [3.63, 3.8) is 0 Å². The molecule has 17 heteroatoms. The number of pyridine rings is 1. The number of likely N-dealkylation sites (tertiary alicyclic amines) is 1. The number of ether oxygens (including phenoxy) is 1. The maximum Gasteiger partial charge on any atom is 0.490 e. The second-order valence-corrected chi connectivity index (χ2v) is 14.4. The number of aliphatic carboxylic acids is 1. The fourth-order valence-electron chi connectivity index (χ4n) is 6.05. The number of hydrogen-bond acceptors (Lipinski definition) is 9. The number of halogens is 4. The van der Waals surface area contributed by atoms with Crippen molar-refractivity contribution in [3.8, 4) is 5.75 Å². The fourth-order valence-corrected chi connectivity index (χ4v) is 7.20. The first kappa shape index (κ1) is 40.3. The molecule has 0 bridgehead atoms. The van der Waals surface area contributed by atoms with Crippen LogP contribution in [0.1, 0.15) is 43.5 Å². The SMILES string of the molecule is CCOc1cc([C@@H](Nc2ccc3c(N)nccc3c2)C(=O)N2CC[C@H](C(=O)N(C)C)[C@@H]2c2ccccc2S(=O)(=O)CC)ccc1F.O=C(O)C(F)(F)F. The number of anilines is 2. The highest BCUT2D eigenvalue weighted by Crippen LogP contribution is 2.43. The highest BCUT2D eigenvalue weighted by Gasteiger charge is 2.46. The molecule has 4 aromatic rings. The van der Waals surface area contributed by atoms with Gasteiger partial charge in [0.2, 0.25) is 11.8 Å². The zero-order valence-corrected chi connectivity index (χ0v) is 30.0. The van der Waals surface area contributed by atoms with E-state index in [4.69, 9.17) is 20.4 Å². The Balaban J connectivity index is 0.000000815. The van der Waals surface area contributed by atoms with Gasteiger partial charge in [-0.1, -0.05) is 31.2 Å². The number of carbonyl (C=O) groups is 3. The molecule has 1 aliphatic heterocycles. The minimum absolute atomic E-state index is 0.00465. The predicted octanol–water partition coefficient (Wildman–Crippen LogP) is 5.61. The average molecular weight is 762 g/mol. The molecular weight excluding hydrogens is 722 g/mol. The standard InChI is InChI=1S/C34H38FN5O5S.C2HF3O2/c1-5-45-28-20-22(11-14-27(28)35)30(38-23-12-13-24-21(19-23)15-17-37-32(24)36)34(42)40-18-16-26(33(41)39(3)4)31(40)25-9-7-8-10-29(25)46(43,44)6-2;3-2(4,5)1(6)7/h7-15,17,19-20,26,30-31,38H,5-6,16,18H2,1-4H3,(H2,36,37);(H,6,7)/t26-,30+,31-;/m0./s1. The van der Waals surface area contributed by atoms with Gasteiger partial charge in [0.15, 0.2) is 21.4 Å². The third kappa shape index (κ3) is 9.14. The molecule has 3 atom stereocenters. The lowest BCUT2D eigenvalue weighted by atomic mass is 9.92. The van der Waals surface area contributed by atoms with Crippen molar-refractivity contribution in [2.24, 2.45) is 5.92 Å². The van der Waals surface area contributed by atoms with Gasteiger partial charge in [-0.15, -0.1) is 0 Å². The Morgan fingerprint density at radius 1 is 1.08 bits per heavy atom. The zero-order valence-electron chi connectivity index (χ0n) is 29.2. The molecule has 4 N–H and O–H groups in total. The molecule has 5 rings (SSSR count). The number of fused-ring (bicyclic) bond motifs is 1. The quantitative estimate of drug-likeness (QED) is 0.173. The zero-order chi connectivity index (χ0) is 39.2. The van der Waals surface area contributed by atoms with E-state index in [2.05, 4.69) is 10.3 Å². The number of nitrogens with two attached hydrogens (primary N) is 1. The summed E-state index contributed by atoms with van der Waals surface area (Å²) in [6.07, 6.45) is -3.16. The molecule has 0 radical (unpaired) electrons. The molecule has 1 aromatic heterocycles. The Labute approximate surface area is 303 Å². The number of carboxylic acids is 1. The molecular formula is C36H39F4N5O7S. The average Bonchev–Trinajstić information content (AvgIpc) is 3.56. The Morgan fingerprint density at radius 2 is 1.75 bits per heavy atom. The number of amides is 2. The van der Waals surface area contributed by atoms with E-state index in [1.807, 2.05) is 6.07 Å². The van der Waals surface area contributed by atoms with Crippen molar-refractivity contribution in [3.05, 3.63) is 89.9 Å². The summed E-state index contributed by atoms with van der Waals surface area (Å²) in [7, 11) is -0.424. The Bertz CT molecular complexity index is 2100. The lowest BCUT2D eigenvalue weighted by Crippen LogP contribution is -2.41. The molecule has 1 fully saturated rings. The second kappa shape index (κ2) is 16.5. The van der Waals surface area contributed by atoms with Crippen LogP contribution in [-0.2, 0) is 24.2 Å². The first-order valence-electron chi connectivity index (χ1n) is 16.4. The summed E-state index contributed by atoms with van der Waals surface area (Å²) in [5, 5.41) is 12.0. The third-order valence-electron chi connectivity index (χ3n) is 8.58. The fraction of sp³-hybridized carbons (Fsp3) is 0.333. The number of hydrogen-bond donors (Lipinski definition) is 3. The number of sulfone groups is 1. The number of alkyl halides is 3. The maximum atomic E-state index is 14.8. The van der Waals surface area contributed by atoms with Gasteiger partial charge >= 0.3 is 12.1 Å². The summed E-state index contributed by atoms with van der Waals surface area (Å²) in [5.41, 5.74) is 7.46. The van der Waals surface area contributed by atoms with Crippen molar-refractivity contribution >= 4 is 49.9 Å². The van der Waals surface area contributed by atoms with Crippen LogP contribution in [0.25, 0.3) is 10.8 Å². The molecule has 1 aliphatic rings. The highest BCUT2D eigenvalue weighted by atomic mass is 32.2. The molecule has 0 spiro atoms. The van der Waals surface area contributed by atoms with Crippen molar-refractivity contribution in [1.82, 2.24) is 14.8 Å². The molecule has 0 saturated carbocycles. The summed E-state index contributed by atoms with van der Waals surface area (Å²) < 4.78 is 78.4. The molecule has 2 heterocycles. The van der Waals surface area contributed by atoms with E-state index in [9.17, 15) is 35.6 Å². The molecule has 0 unspecified atom stereocenters. The smallest absolute Gasteiger partial charge is 0.490 e. The predicted molar refractivity (Wildman–Crippen MR) is 189 cm³/mol. The van der Waals surface area contributed by atoms with Crippen LogP contribution in [0.15, 0.2) is 77.8 Å². The molecule has 1 saturated heterocycles. The largest absolute Gasteiger partial charge is 0.491 e. The lowest BCUT2D eigenvalue weighted by Gasteiger charge is -2.33. The van der Waals surface area contributed by atoms with E-state index >= 15 is 0 Å². The molecule has 284 valence electrons. The van der Waals surface area contributed by atoms with Gasteiger partial charge in [-0.2, -0.15) is 13.2 Å². The van der Waals surface area contributed by atoms with Gasteiger partial charge in [0.05, 0.1) is 29.2 Å². The highest BCUT2D eigenvalue weighted by molar-refractivity contribution is 7.91. The van der Waals surface area contributed by atoms with Crippen LogP contribution in [0.2, 0.25) is 0 Å². The van der Waals surface area contributed by atoms with E-state index in [1.54, 1.807) is 75.4 Å². The number of aromatic nitrogens is 1. The number of carboxylic acid groups (broad SMARTS) is 1. The molecule has 2 amide bonds. The second-order valence-electron chi connectivity index (χ2n) is 12.2. The molecule has 12 nitrogen and oxygen atoms in total.